The molecule has 0 aliphatic carbocycles. The van der Waals surface area contributed by atoms with Crippen molar-refractivity contribution in [2.45, 2.75) is 97.9 Å². The third-order valence-corrected chi connectivity index (χ3v) is 5.42. The summed E-state index contributed by atoms with van der Waals surface area (Å²) >= 11 is 0. The van der Waals surface area contributed by atoms with Crippen molar-refractivity contribution in [3.8, 4) is 5.75 Å². The molecule has 186 valence electrons. The Morgan fingerprint density at radius 2 is 1.70 bits per heavy atom. The van der Waals surface area contributed by atoms with Gasteiger partial charge in [-0.25, -0.2) is 4.79 Å². The molecule has 0 saturated heterocycles. The zero-order chi connectivity index (χ0) is 25.4. The maximum atomic E-state index is 13.5. The van der Waals surface area contributed by atoms with Crippen molar-refractivity contribution in [1.82, 2.24) is 15.5 Å². The Morgan fingerprint density at radius 3 is 2.21 bits per heavy atom. The lowest BCUT2D eigenvalue weighted by molar-refractivity contribution is -0.147. The fraction of sp³-hybridized carbons (Fsp3) is 0.640. The molecule has 0 fully saturated rings. The van der Waals surface area contributed by atoms with E-state index < -0.39 is 29.2 Å². The zero-order valence-electron chi connectivity index (χ0n) is 21.3. The Labute approximate surface area is 198 Å². The topological polar surface area (TPSA) is 108 Å². The van der Waals surface area contributed by atoms with E-state index in [2.05, 4.69) is 10.6 Å². The Hall–Kier alpha value is -2.77. The van der Waals surface area contributed by atoms with E-state index in [1.165, 1.54) is 11.0 Å². The predicted octanol–water partition coefficient (Wildman–Crippen LogP) is 4.28. The fourth-order valence-electron chi connectivity index (χ4n) is 3.49. The summed E-state index contributed by atoms with van der Waals surface area (Å²) in [6, 6.07) is 5.33. The molecular formula is C25H41N3O5. The number of alkyl carbamates (subject to hydrolysis) is 1. The van der Waals surface area contributed by atoms with Gasteiger partial charge >= 0.3 is 6.09 Å². The van der Waals surface area contributed by atoms with Crippen LogP contribution >= 0.6 is 0 Å². The molecule has 33 heavy (non-hydrogen) atoms. The van der Waals surface area contributed by atoms with Crippen LogP contribution in [0.2, 0.25) is 0 Å². The SMILES string of the molecule is CCCC(C)NC(=O)C(c1ccccc1O)N(C(=O)CNC(=O)OC(C)(C)C)C(C)(C)CC. The molecule has 0 bridgehead atoms. The van der Waals surface area contributed by atoms with E-state index in [0.717, 1.165) is 12.8 Å². The second-order valence-electron chi connectivity index (χ2n) is 9.94. The number of nitrogens with zero attached hydrogens (tertiary/aromatic N) is 1. The molecule has 3 N–H and O–H groups in total. The van der Waals surface area contributed by atoms with E-state index in [4.69, 9.17) is 4.74 Å². The first kappa shape index (κ1) is 28.3. The zero-order valence-corrected chi connectivity index (χ0v) is 21.3. The maximum Gasteiger partial charge on any atom is 0.408 e. The summed E-state index contributed by atoms with van der Waals surface area (Å²) in [6.45, 7) is 14.4. The van der Waals surface area contributed by atoms with E-state index in [1.54, 1.807) is 39.0 Å². The van der Waals surface area contributed by atoms with Gasteiger partial charge in [0.2, 0.25) is 11.8 Å². The monoisotopic (exact) mass is 463 g/mol. The molecule has 0 aliphatic rings. The number of amides is 3. The van der Waals surface area contributed by atoms with Gasteiger partial charge in [-0.1, -0.05) is 38.5 Å². The van der Waals surface area contributed by atoms with Crippen LogP contribution in [0.5, 0.6) is 5.75 Å². The van der Waals surface area contributed by atoms with Crippen LogP contribution in [0.4, 0.5) is 4.79 Å². The summed E-state index contributed by atoms with van der Waals surface area (Å²) in [5, 5.41) is 16.0. The van der Waals surface area contributed by atoms with Gasteiger partial charge in [-0.15, -0.1) is 0 Å². The van der Waals surface area contributed by atoms with Crippen molar-refractivity contribution in [2.75, 3.05) is 6.54 Å². The highest BCUT2D eigenvalue weighted by Crippen LogP contribution is 2.35. The minimum Gasteiger partial charge on any atom is -0.508 e. The van der Waals surface area contributed by atoms with E-state index >= 15 is 0 Å². The number of phenolic OH excluding ortho intramolecular Hbond substituents is 1. The van der Waals surface area contributed by atoms with Crippen molar-refractivity contribution in [2.24, 2.45) is 0 Å². The molecule has 8 heteroatoms. The van der Waals surface area contributed by atoms with Crippen LogP contribution in [0.15, 0.2) is 24.3 Å². The van der Waals surface area contributed by atoms with Gasteiger partial charge in [0.15, 0.2) is 0 Å². The number of para-hydroxylation sites is 1. The largest absolute Gasteiger partial charge is 0.508 e. The standard InChI is InChI=1S/C25H41N3O5/c1-9-13-17(3)27-22(31)21(18-14-11-12-15-19(18)29)28(25(7,8)10-2)20(30)16-26-23(32)33-24(4,5)6/h11-12,14-15,17,21,29H,9-10,13,16H2,1-8H3,(H,26,32)(H,27,31). The summed E-state index contributed by atoms with van der Waals surface area (Å²) in [5.74, 6) is -0.922. The highest BCUT2D eigenvalue weighted by atomic mass is 16.6. The average Bonchev–Trinajstić information content (AvgIpc) is 2.69. The number of carbonyl (C=O) groups is 3. The minimum atomic E-state index is -1.08. The van der Waals surface area contributed by atoms with Crippen LogP contribution in [0.3, 0.4) is 0 Å². The van der Waals surface area contributed by atoms with E-state index in [1.807, 2.05) is 34.6 Å². The lowest BCUT2D eigenvalue weighted by atomic mass is 9.92. The average molecular weight is 464 g/mol. The van der Waals surface area contributed by atoms with Gasteiger partial charge in [0.05, 0.1) is 0 Å². The van der Waals surface area contributed by atoms with Gasteiger partial charge in [-0.2, -0.15) is 0 Å². The molecule has 0 spiro atoms. The third-order valence-electron chi connectivity index (χ3n) is 5.42. The van der Waals surface area contributed by atoms with Gasteiger partial charge < -0.3 is 25.4 Å². The van der Waals surface area contributed by atoms with Crippen LogP contribution in [-0.4, -0.2) is 51.6 Å². The normalized spacial score (nSPS) is 13.6. The number of rotatable bonds is 10. The van der Waals surface area contributed by atoms with Gasteiger partial charge in [0.25, 0.3) is 0 Å². The van der Waals surface area contributed by atoms with E-state index in [0.29, 0.717) is 12.0 Å². The number of aromatic hydroxyl groups is 1. The highest BCUT2D eigenvalue weighted by molar-refractivity contribution is 5.91. The molecule has 1 aromatic rings. The van der Waals surface area contributed by atoms with Crippen LogP contribution < -0.4 is 10.6 Å². The van der Waals surface area contributed by atoms with Crippen molar-refractivity contribution < 1.29 is 24.2 Å². The van der Waals surface area contributed by atoms with Crippen LogP contribution in [0, 0.1) is 0 Å². The van der Waals surface area contributed by atoms with Gasteiger partial charge in [-0.05, 0) is 60.5 Å². The summed E-state index contributed by atoms with van der Waals surface area (Å²) < 4.78 is 5.23. The summed E-state index contributed by atoms with van der Waals surface area (Å²) in [5.41, 5.74) is -1.13. The van der Waals surface area contributed by atoms with E-state index in [-0.39, 0.29) is 24.2 Å². The first-order valence-corrected chi connectivity index (χ1v) is 11.6. The molecule has 1 rings (SSSR count). The first-order chi connectivity index (χ1) is 15.2. The second-order valence-corrected chi connectivity index (χ2v) is 9.94. The molecule has 0 aliphatic heterocycles. The van der Waals surface area contributed by atoms with Crippen LogP contribution in [0.1, 0.15) is 86.3 Å². The first-order valence-electron chi connectivity index (χ1n) is 11.6. The molecule has 3 amide bonds. The Bertz CT molecular complexity index is 817. The van der Waals surface area contributed by atoms with Crippen molar-refractivity contribution in [3.63, 3.8) is 0 Å². The number of benzene rings is 1. The lowest BCUT2D eigenvalue weighted by Crippen LogP contribution is -2.56. The number of hydrogen-bond acceptors (Lipinski definition) is 5. The number of nitrogens with one attached hydrogen (secondary N) is 2. The number of carbonyl (C=O) groups excluding carboxylic acids is 3. The molecule has 0 radical (unpaired) electrons. The molecular weight excluding hydrogens is 422 g/mol. The Kier molecular flexibility index (Phi) is 10.2. The number of phenols is 1. The van der Waals surface area contributed by atoms with Crippen molar-refractivity contribution in [1.29, 1.82) is 0 Å². The summed E-state index contributed by atoms with van der Waals surface area (Å²) in [7, 11) is 0. The lowest BCUT2D eigenvalue weighted by Gasteiger charge is -2.43. The fourth-order valence-corrected chi connectivity index (χ4v) is 3.49. The molecule has 0 aromatic heterocycles. The van der Waals surface area contributed by atoms with Crippen LogP contribution in [0.25, 0.3) is 0 Å². The van der Waals surface area contributed by atoms with Gasteiger partial charge in [-0.3, -0.25) is 9.59 Å². The smallest absolute Gasteiger partial charge is 0.408 e. The number of hydrogen-bond donors (Lipinski definition) is 3. The maximum absolute atomic E-state index is 13.5. The van der Waals surface area contributed by atoms with Crippen molar-refractivity contribution in [3.05, 3.63) is 29.8 Å². The van der Waals surface area contributed by atoms with Gasteiger partial charge in [0, 0.05) is 17.1 Å². The van der Waals surface area contributed by atoms with E-state index in [9.17, 15) is 19.5 Å². The molecule has 0 saturated carbocycles. The molecule has 1 aromatic carbocycles. The Morgan fingerprint density at radius 1 is 1.09 bits per heavy atom. The second kappa shape index (κ2) is 11.9. The molecule has 8 nitrogen and oxygen atoms in total. The van der Waals surface area contributed by atoms with Gasteiger partial charge in [0.1, 0.15) is 23.9 Å². The third kappa shape index (κ3) is 8.59. The number of ether oxygens (including phenoxy) is 1. The quantitative estimate of drug-likeness (QED) is 0.480. The molecule has 2 unspecified atom stereocenters. The highest BCUT2D eigenvalue weighted by Gasteiger charge is 2.41. The molecule has 0 heterocycles. The molecule has 2 atom stereocenters. The minimum absolute atomic E-state index is 0.0781. The summed E-state index contributed by atoms with van der Waals surface area (Å²) in [4.78, 5) is 40.5. The Balaban J connectivity index is 3.37. The van der Waals surface area contributed by atoms with Crippen molar-refractivity contribution >= 4 is 17.9 Å². The van der Waals surface area contributed by atoms with Crippen LogP contribution in [-0.2, 0) is 14.3 Å². The summed E-state index contributed by atoms with van der Waals surface area (Å²) in [6.07, 6.45) is 1.51. The predicted molar refractivity (Wildman–Crippen MR) is 129 cm³/mol.